The summed E-state index contributed by atoms with van der Waals surface area (Å²) in [6.07, 6.45) is -1.29. The molecule has 1 N–H and O–H groups in total. The van der Waals surface area contributed by atoms with Crippen molar-refractivity contribution in [1.82, 2.24) is 0 Å². The van der Waals surface area contributed by atoms with Gasteiger partial charge in [0.15, 0.2) is 6.10 Å². The zero-order valence-electron chi connectivity index (χ0n) is 9.99. The molecule has 0 aliphatic heterocycles. The van der Waals surface area contributed by atoms with E-state index in [0.717, 1.165) is 10.0 Å². The van der Waals surface area contributed by atoms with Crippen LogP contribution in [-0.4, -0.2) is 24.8 Å². The van der Waals surface area contributed by atoms with Crippen molar-refractivity contribution in [2.75, 3.05) is 13.7 Å². The van der Waals surface area contributed by atoms with Crippen LogP contribution in [0, 0.1) is 6.92 Å². The van der Waals surface area contributed by atoms with E-state index in [0.29, 0.717) is 11.3 Å². The number of halogens is 1. The third-order valence-corrected chi connectivity index (χ3v) is 3.19. The van der Waals surface area contributed by atoms with Crippen molar-refractivity contribution in [3.63, 3.8) is 0 Å². The first-order valence-corrected chi connectivity index (χ1v) is 5.99. The van der Waals surface area contributed by atoms with Gasteiger partial charge in [0.1, 0.15) is 5.75 Å². The van der Waals surface area contributed by atoms with E-state index in [1.807, 2.05) is 6.92 Å². The second-order valence-electron chi connectivity index (χ2n) is 3.48. The van der Waals surface area contributed by atoms with E-state index < -0.39 is 12.1 Å². The number of rotatable bonds is 4. The lowest BCUT2D eigenvalue weighted by molar-refractivity contribution is -0.153. The van der Waals surface area contributed by atoms with Gasteiger partial charge in [-0.05, 0) is 31.5 Å². The Balaban J connectivity index is 3.06. The summed E-state index contributed by atoms with van der Waals surface area (Å²) in [6, 6.07) is 3.31. The lowest BCUT2D eigenvalue weighted by Crippen LogP contribution is -2.15. The van der Waals surface area contributed by atoms with Crippen LogP contribution in [0.4, 0.5) is 0 Å². The Labute approximate surface area is 109 Å². The van der Waals surface area contributed by atoms with E-state index in [-0.39, 0.29) is 6.61 Å². The fraction of sp³-hybridized carbons (Fsp3) is 0.417. The number of aliphatic hydroxyl groups excluding tert-OH is 1. The molecule has 0 aliphatic rings. The minimum Gasteiger partial charge on any atom is -0.496 e. The number of methoxy groups -OCH3 is 1. The summed E-state index contributed by atoms with van der Waals surface area (Å²) in [5.41, 5.74) is 1.35. The van der Waals surface area contributed by atoms with Crippen LogP contribution in [0.3, 0.4) is 0 Å². The number of benzene rings is 1. The third kappa shape index (κ3) is 3.20. The maximum absolute atomic E-state index is 11.4. The summed E-state index contributed by atoms with van der Waals surface area (Å²) in [5, 5.41) is 9.80. The van der Waals surface area contributed by atoms with Gasteiger partial charge in [-0.3, -0.25) is 0 Å². The van der Waals surface area contributed by atoms with Crippen molar-refractivity contribution in [2.24, 2.45) is 0 Å². The highest BCUT2D eigenvalue weighted by molar-refractivity contribution is 9.10. The summed E-state index contributed by atoms with van der Waals surface area (Å²) in [6.45, 7) is 3.81. The smallest absolute Gasteiger partial charge is 0.339 e. The molecule has 1 atom stereocenters. The molecular formula is C12H15BrO4. The lowest BCUT2D eigenvalue weighted by atomic mass is 10.1. The van der Waals surface area contributed by atoms with Crippen LogP contribution >= 0.6 is 15.9 Å². The molecule has 1 rings (SSSR count). The van der Waals surface area contributed by atoms with Gasteiger partial charge < -0.3 is 14.6 Å². The van der Waals surface area contributed by atoms with Gasteiger partial charge >= 0.3 is 5.97 Å². The Bertz CT molecular complexity index is 417. The normalized spacial score (nSPS) is 12.1. The van der Waals surface area contributed by atoms with Crippen LogP contribution in [0.15, 0.2) is 16.6 Å². The summed E-state index contributed by atoms with van der Waals surface area (Å²) >= 11 is 3.35. The predicted octanol–water partition coefficient (Wildman–Crippen LogP) is 2.36. The van der Waals surface area contributed by atoms with Crippen molar-refractivity contribution in [2.45, 2.75) is 20.0 Å². The number of hydrogen-bond donors (Lipinski definition) is 1. The maximum atomic E-state index is 11.4. The number of carbonyl (C=O) groups is 1. The van der Waals surface area contributed by atoms with E-state index >= 15 is 0 Å². The van der Waals surface area contributed by atoms with Gasteiger partial charge in [0.2, 0.25) is 0 Å². The lowest BCUT2D eigenvalue weighted by Gasteiger charge is -2.13. The highest BCUT2D eigenvalue weighted by Gasteiger charge is 2.20. The predicted molar refractivity (Wildman–Crippen MR) is 67.0 cm³/mol. The van der Waals surface area contributed by atoms with Crippen LogP contribution in [-0.2, 0) is 9.53 Å². The standard InChI is InChI=1S/C12H15BrO4/c1-4-17-12(15)11(14)8-5-9(13)7(2)10(6-8)16-3/h5-6,11,14H,4H2,1-3H3. The molecule has 1 aromatic rings. The largest absolute Gasteiger partial charge is 0.496 e. The molecule has 0 spiro atoms. The molecule has 5 heteroatoms. The van der Waals surface area contributed by atoms with E-state index in [1.165, 1.54) is 7.11 Å². The molecule has 1 unspecified atom stereocenters. The molecule has 4 nitrogen and oxygen atoms in total. The molecule has 0 fully saturated rings. The van der Waals surface area contributed by atoms with Crippen molar-refractivity contribution < 1.29 is 19.4 Å². The summed E-state index contributed by atoms with van der Waals surface area (Å²) < 4.78 is 10.7. The van der Waals surface area contributed by atoms with Gasteiger partial charge in [-0.1, -0.05) is 15.9 Å². The molecule has 0 amide bonds. The zero-order chi connectivity index (χ0) is 13.0. The van der Waals surface area contributed by atoms with E-state index in [4.69, 9.17) is 9.47 Å². The first kappa shape index (κ1) is 14.0. The van der Waals surface area contributed by atoms with E-state index in [2.05, 4.69) is 15.9 Å². The molecule has 1 aromatic carbocycles. The Morgan fingerprint density at radius 3 is 2.71 bits per heavy atom. The minimum absolute atomic E-state index is 0.236. The van der Waals surface area contributed by atoms with Gasteiger partial charge in [0.05, 0.1) is 13.7 Å². The minimum atomic E-state index is -1.29. The van der Waals surface area contributed by atoms with Gasteiger partial charge in [0.25, 0.3) is 0 Å². The van der Waals surface area contributed by atoms with Crippen molar-refractivity contribution in [1.29, 1.82) is 0 Å². The topological polar surface area (TPSA) is 55.8 Å². The van der Waals surface area contributed by atoms with Crippen molar-refractivity contribution in [3.05, 3.63) is 27.7 Å². The molecule has 17 heavy (non-hydrogen) atoms. The quantitative estimate of drug-likeness (QED) is 0.868. The van der Waals surface area contributed by atoms with Gasteiger partial charge in [-0.2, -0.15) is 0 Å². The van der Waals surface area contributed by atoms with Crippen molar-refractivity contribution in [3.8, 4) is 5.75 Å². The number of aliphatic hydroxyl groups is 1. The second kappa shape index (κ2) is 6.02. The highest BCUT2D eigenvalue weighted by atomic mass is 79.9. The SMILES string of the molecule is CCOC(=O)C(O)c1cc(Br)c(C)c(OC)c1. The summed E-state index contributed by atoms with van der Waals surface area (Å²) in [4.78, 5) is 11.4. The first-order chi connectivity index (χ1) is 8.01. The van der Waals surface area contributed by atoms with Crippen LogP contribution in [0.1, 0.15) is 24.2 Å². The number of carbonyl (C=O) groups excluding carboxylic acids is 1. The maximum Gasteiger partial charge on any atom is 0.339 e. The Morgan fingerprint density at radius 1 is 1.53 bits per heavy atom. The Morgan fingerprint density at radius 2 is 2.18 bits per heavy atom. The number of ether oxygens (including phenoxy) is 2. The van der Waals surface area contributed by atoms with Crippen LogP contribution < -0.4 is 4.74 Å². The van der Waals surface area contributed by atoms with E-state index in [1.54, 1.807) is 19.1 Å². The van der Waals surface area contributed by atoms with Crippen LogP contribution in [0.25, 0.3) is 0 Å². The first-order valence-electron chi connectivity index (χ1n) is 5.20. The molecule has 0 saturated heterocycles. The molecule has 0 heterocycles. The average Bonchev–Trinajstić information content (AvgIpc) is 2.31. The zero-order valence-corrected chi connectivity index (χ0v) is 11.6. The van der Waals surface area contributed by atoms with Gasteiger partial charge in [0, 0.05) is 10.0 Å². The Kier molecular flexibility index (Phi) is 4.96. The fourth-order valence-electron chi connectivity index (χ4n) is 1.40. The summed E-state index contributed by atoms with van der Waals surface area (Å²) in [5.74, 6) is -0.0528. The monoisotopic (exact) mass is 302 g/mol. The number of esters is 1. The van der Waals surface area contributed by atoms with Gasteiger partial charge in [-0.15, -0.1) is 0 Å². The molecule has 0 aliphatic carbocycles. The molecule has 0 saturated carbocycles. The molecule has 0 aromatic heterocycles. The fourth-order valence-corrected chi connectivity index (χ4v) is 1.86. The Hall–Kier alpha value is -1.07. The van der Waals surface area contributed by atoms with Gasteiger partial charge in [-0.25, -0.2) is 4.79 Å². The molecular weight excluding hydrogens is 288 g/mol. The van der Waals surface area contributed by atoms with Crippen LogP contribution in [0.2, 0.25) is 0 Å². The molecule has 0 radical (unpaired) electrons. The molecule has 0 bridgehead atoms. The number of hydrogen-bond acceptors (Lipinski definition) is 4. The molecule has 94 valence electrons. The second-order valence-corrected chi connectivity index (χ2v) is 4.34. The van der Waals surface area contributed by atoms with Crippen LogP contribution in [0.5, 0.6) is 5.75 Å². The van der Waals surface area contributed by atoms with Crippen molar-refractivity contribution >= 4 is 21.9 Å². The highest BCUT2D eigenvalue weighted by Crippen LogP contribution is 2.30. The third-order valence-electron chi connectivity index (χ3n) is 2.36. The average molecular weight is 303 g/mol. The summed E-state index contributed by atoms with van der Waals surface area (Å²) in [7, 11) is 1.54. The van der Waals surface area contributed by atoms with E-state index in [9.17, 15) is 9.90 Å².